The van der Waals surface area contributed by atoms with Gasteiger partial charge in [0.15, 0.2) is 0 Å². The lowest BCUT2D eigenvalue weighted by Crippen LogP contribution is -2.00. The van der Waals surface area contributed by atoms with Gasteiger partial charge in [-0.15, -0.1) is 0 Å². The Labute approximate surface area is 186 Å². The Morgan fingerprint density at radius 1 is 1.00 bits per heavy atom. The molecule has 4 nitrogen and oxygen atoms in total. The molecule has 0 atom stereocenters. The summed E-state index contributed by atoms with van der Waals surface area (Å²) in [5.41, 5.74) is 9.84. The van der Waals surface area contributed by atoms with Crippen LogP contribution >= 0.6 is 15.9 Å². The summed E-state index contributed by atoms with van der Waals surface area (Å²) in [6, 6.07) is 19.8. The maximum Gasteiger partial charge on any atom is 0.142 e. The van der Waals surface area contributed by atoms with Crippen molar-refractivity contribution in [1.29, 1.82) is 5.26 Å². The van der Waals surface area contributed by atoms with Crippen LogP contribution in [0.1, 0.15) is 44.6 Å². The van der Waals surface area contributed by atoms with E-state index in [4.69, 9.17) is 10.5 Å². The van der Waals surface area contributed by atoms with E-state index in [2.05, 4.69) is 33.9 Å². The van der Waals surface area contributed by atoms with Gasteiger partial charge in [-0.1, -0.05) is 78.9 Å². The Morgan fingerprint density at radius 2 is 1.73 bits per heavy atom. The molecule has 2 aromatic carbocycles. The fourth-order valence-electron chi connectivity index (χ4n) is 3.34. The van der Waals surface area contributed by atoms with Crippen molar-refractivity contribution < 1.29 is 4.74 Å². The van der Waals surface area contributed by atoms with Gasteiger partial charge in [-0.2, -0.15) is 5.26 Å². The molecule has 1 aromatic heterocycles. The average Bonchev–Trinajstić information content (AvgIpc) is 2.76. The minimum absolute atomic E-state index is 0.230. The molecule has 0 aliphatic heterocycles. The second-order valence-corrected chi connectivity index (χ2v) is 8.05. The van der Waals surface area contributed by atoms with Crippen molar-refractivity contribution in [1.82, 2.24) is 4.98 Å². The highest BCUT2D eigenvalue weighted by atomic mass is 79.9. The van der Waals surface area contributed by atoms with Crippen LogP contribution in [0.15, 0.2) is 59.1 Å². The maximum absolute atomic E-state index is 9.63. The van der Waals surface area contributed by atoms with Crippen molar-refractivity contribution in [2.75, 3.05) is 12.3 Å². The molecule has 1 heterocycles. The summed E-state index contributed by atoms with van der Waals surface area (Å²) in [7, 11) is 0. The molecule has 0 bridgehead atoms. The van der Waals surface area contributed by atoms with Crippen LogP contribution in [0.25, 0.3) is 22.4 Å². The summed E-state index contributed by atoms with van der Waals surface area (Å²) in [6.07, 6.45) is 6.06. The van der Waals surface area contributed by atoms with Crippen molar-refractivity contribution >= 4 is 21.7 Å². The predicted octanol–water partition coefficient (Wildman–Crippen LogP) is 6.98. The second kappa shape index (κ2) is 10.8. The number of hydrogen-bond acceptors (Lipinski definition) is 4. The Balaban J connectivity index is 1.81. The monoisotopic (exact) mass is 463 g/mol. The number of aromatic nitrogens is 1. The molecule has 0 saturated carbocycles. The van der Waals surface area contributed by atoms with Gasteiger partial charge in [0.1, 0.15) is 23.2 Å². The summed E-state index contributed by atoms with van der Waals surface area (Å²) >= 11 is 3.56. The number of pyridine rings is 1. The third-order valence-corrected chi connectivity index (χ3v) is 5.68. The highest BCUT2D eigenvalue weighted by Gasteiger charge is 2.14. The molecule has 154 valence electrons. The lowest BCUT2D eigenvalue weighted by molar-refractivity contribution is 0.304. The number of anilines is 1. The molecule has 0 aliphatic rings. The second-order valence-electron chi connectivity index (χ2n) is 7.19. The molecule has 3 aromatic rings. The molecule has 0 fully saturated rings. The number of halogens is 1. The number of nitrogens with two attached hydrogens (primary N) is 1. The Kier molecular flexibility index (Phi) is 7.87. The van der Waals surface area contributed by atoms with Gasteiger partial charge < -0.3 is 10.5 Å². The van der Waals surface area contributed by atoms with Gasteiger partial charge in [-0.3, -0.25) is 0 Å². The zero-order chi connectivity index (χ0) is 21.3. The number of nitrogen functional groups attached to an aromatic ring is 1. The first-order chi connectivity index (χ1) is 14.6. The Morgan fingerprint density at radius 3 is 2.43 bits per heavy atom. The first kappa shape index (κ1) is 21.9. The van der Waals surface area contributed by atoms with Gasteiger partial charge in [0.05, 0.1) is 12.3 Å². The maximum atomic E-state index is 9.63. The summed E-state index contributed by atoms with van der Waals surface area (Å²) in [6.45, 7) is 2.94. The molecule has 0 amide bonds. The van der Waals surface area contributed by atoms with Crippen molar-refractivity contribution in [2.24, 2.45) is 0 Å². The largest absolute Gasteiger partial charge is 0.494 e. The van der Waals surface area contributed by atoms with Crippen LogP contribution in [0.2, 0.25) is 0 Å². The smallest absolute Gasteiger partial charge is 0.142 e. The Hall–Kier alpha value is -2.84. The van der Waals surface area contributed by atoms with Crippen LogP contribution in [0, 0.1) is 11.3 Å². The zero-order valence-corrected chi connectivity index (χ0v) is 18.8. The van der Waals surface area contributed by atoms with Crippen LogP contribution < -0.4 is 10.5 Å². The van der Waals surface area contributed by atoms with Crippen LogP contribution in [-0.2, 0) is 0 Å². The van der Waals surface area contributed by atoms with Crippen LogP contribution in [0.3, 0.4) is 0 Å². The minimum atomic E-state index is 0.230. The molecular formula is C25H26BrN3O. The van der Waals surface area contributed by atoms with Gasteiger partial charge in [0.2, 0.25) is 0 Å². The average molecular weight is 464 g/mol. The third-order valence-electron chi connectivity index (χ3n) is 4.99. The van der Waals surface area contributed by atoms with Crippen LogP contribution in [0.5, 0.6) is 5.75 Å². The van der Waals surface area contributed by atoms with Crippen molar-refractivity contribution in [3.63, 3.8) is 0 Å². The lowest BCUT2D eigenvalue weighted by Gasteiger charge is -2.12. The minimum Gasteiger partial charge on any atom is -0.494 e. The van der Waals surface area contributed by atoms with E-state index in [9.17, 15) is 5.26 Å². The standard InChI is InChI=1S/C25H26BrN3O/c1-2-3-4-5-8-15-30-19-13-11-18(12-14-19)21-16-24(29-25(28)22(21)17-27)20-9-6-7-10-23(20)26/h6-7,9-14,16H,2-5,8,15H2,1H3,(H2,28,29). The van der Waals surface area contributed by atoms with Crippen LogP contribution in [0.4, 0.5) is 5.82 Å². The first-order valence-corrected chi connectivity index (χ1v) is 11.1. The highest BCUT2D eigenvalue weighted by molar-refractivity contribution is 9.10. The lowest BCUT2D eigenvalue weighted by atomic mass is 9.98. The molecule has 2 N–H and O–H groups in total. The number of ether oxygens (including phenoxy) is 1. The number of benzene rings is 2. The van der Waals surface area contributed by atoms with Crippen molar-refractivity contribution in [3.8, 4) is 34.2 Å². The highest BCUT2D eigenvalue weighted by Crippen LogP contribution is 2.34. The number of nitrogens with zero attached hydrogens (tertiary/aromatic N) is 2. The molecule has 0 aliphatic carbocycles. The van der Waals surface area contributed by atoms with E-state index < -0.39 is 0 Å². The van der Waals surface area contributed by atoms with E-state index in [0.717, 1.165) is 45.6 Å². The number of unbranched alkanes of at least 4 members (excludes halogenated alkanes) is 4. The molecule has 0 spiro atoms. The van der Waals surface area contributed by atoms with Crippen molar-refractivity contribution in [2.45, 2.75) is 39.0 Å². The number of hydrogen-bond donors (Lipinski definition) is 1. The van der Waals surface area contributed by atoms with Crippen molar-refractivity contribution in [3.05, 3.63) is 64.6 Å². The van der Waals surface area contributed by atoms with E-state index in [1.54, 1.807) is 0 Å². The van der Waals surface area contributed by atoms with E-state index >= 15 is 0 Å². The SMILES string of the molecule is CCCCCCCOc1ccc(-c2cc(-c3ccccc3Br)nc(N)c2C#N)cc1. The molecule has 30 heavy (non-hydrogen) atoms. The Bertz CT molecular complexity index is 1030. The van der Waals surface area contributed by atoms with E-state index in [0.29, 0.717) is 5.56 Å². The van der Waals surface area contributed by atoms with E-state index in [1.165, 1.54) is 25.7 Å². The van der Waals surface area contributed by atoms with Gasteiger partial charge in [-0.25, -0.2) is 4.98 Å². The summed E-state index contributed by atoms with van der Waals surface area (Å²) in [5.74, 6) is 1.06. The molecular weight excluding hydrogens is 438 g/mol. The van der Waals surface area contributed by atoms with Gasteiger partial charge in [0, 0.05) is 15.6 Å². The molecule has 3 rings (SSSR count). The fraction of sp³-hybridized carbons (Fsp3) is 0.280. The quantitative estimate of drug-likeness (QED) is 0.347. The molecule has 0 radical (unpaired) electrons. The van der Waals surface area contributed by atoms with E-state index in [-0.39, 0.29) is 5.82 Å². The topological polar surface area (TPSA) is 71.9 Å². The zero-order valence-electron chi connectivity index (χ0n) is 17.2. The normalized spacial score (nSPS) is 10.6. The summed E-state index contributed by atoms with van der Waals surface area (Å²) in [5, 5.41) is 9.63. The molecule has 5 heteroatoms. The third kappa shape index (κ3) is 5.40. The van der Waals surface area contributed by atoms with Gasteiger partial charge >= 0.3 is 0 Å². The first-order valence-electron chi connectivity index (χ1n) is 10.3. The number of nitriles is 1. The van der Waals surface area contributed by atoms with Gasteiger partial charge in [-0.05, 0) is 36.2 Å². The summed E-state index contributed by atoms with van der Waals surface area (Å²) < 4.78 is 6.78. The molecule has 0 unspecified atom stereocenters. The van der Waals surface area contributed by atoms with Crippen LogP contribution in [-0.4, -0.2) is 11.6 Å². The fourth-order valence-corrected chi connectivity index (χ4v) is 3.83. The molecule has 0 saturated heterocycles. The van der Waals surface area contributed by atoms with E-state index in [1.807, 2.05) is 54.6 Å². The number of rotatable bonds is 9. The summed E-state index contributed by atoms with van der Waals surface area (Å²) in [4.78, 5) is 4.45. The predicted molar refractivity (Wildman–Crippen MR) is 126 cm³/mol. The van der Waals surface area contributed by atoms with Gasteiger partial charge in [0.25, 0.3) is 0 Å².